The second-order valence-electron chi connectivity index (χ2n) is 3.93. The monoisotopic (exact) mass is 288 g/mol. The van der Waals surface area contributed by atoms with Crippen molar-refractivity contribution in [3.63, 3.8) is 0 Å². The summed E-state index contributed by atoms with van der Waals surface area (Å²) >= 11 is 0. The zero-order valence-corrected chi connectivity index (χ0v) is 11.6. The van der Waals surface area contributed by atoms with Crippen molar-refractivity contribution in [1.29, 1.82) is 0 Å². The van der Waals surface area contributed by atoms with Crippen LogP contribution in [0.4, 0.5) is 0 Å². The summed E-state index contributed by atoms with van der Waals surface area (Å²) in [4.78, 5) is 8.04. The molecule has 0 bridgehead atoms. The lowest BCUT2D eigenvalue weighted by Gasteiger charge is -2.06. The van der Waals surface area contributed by atoms with Crippen molar-refractivity contribution in [3.05, 3.63) is 30.2 Å². The van der Waals surface area contributed by atoms with Crippen molar-refractivity contribution in [1.82, 2.24) is 19.1 Å². The first-order chi connectivity index (χ1) is 8.38. The number of aryl methyl sites for hydroxylation is 4. The Balaban J connectivity index is 2.16. The Hall–Kier alpha value is -1.34. The third-order valence-electron chi connectivity index (χ3n) is 2.71. The van der Waals surface area contributed by atoms with Gasteiger partial charge in [-0.25, -0.2) is 18.4 Å². The van der Waals surface area contributed by atoms with E-state index in [1.54, 1.807) is 17.7 Å². The molecule has 0 radical (unpaired) electrons. The molecular weight excluding hydrogens is 276 g/mol. The summed E-state index contributed by atoms with van der Waals surface area (Å²) in [7, 11) is 1.49. The van der Waals surface area contributed by atoms with Crippen LogP contribution in [0.2, 0.25) is 0 Å². The first-order valence-electron chi connectivity index (χ1n) is 5.34. The lowest BCUT2D eigenvalue weighted by molar-refractivity contribution is 0.557. The summed E-state index contributed by atoms with van der Waals surface area (Å²) in [6.07, 6.45) is 5.05. The summed E-state index contributed by atoms with van der Waals surface area (Å²) in [5.41, 5.74) is 0. The molecule has 8 heteroatoms. The predicted octanol–water partition coefficient (Wildman–Crippen LogP) is 1.32. The number of hydrogen-bond acceptors (Lipinski definition) is 4. The van der Waals surface area contributed by atoms with Crippen molar-refractivity contribution in [2.24, 2.45) is 0 Å². The van der Waals surface area contributed by atoms with Crippen LogP contribution in [-0.4, -0.2) is 27.5 Å². The minimum absolute atomic E-state index is 0.107. The van der Waals surface area contributed by atoms with E-state index in [9.17, 15) is 8.42 Å². The molecule has 0 fully saturated rings. The minimum atomic E-state index is -3.76. The molecule has 0 aliphatic heterocycles. The maximum absolute atomic E-state index is 11.2. The Bertz CT molecular complexity index is 659. The molecule has 0 spiro atoms. The van der Waals surface area contributed by atoms with E-state index in [1.165, 1.54) is 6.20 Å². The molecule has 0 saturated heterocycles. The fourth-order valence-electron chi connectivity index (χ4n) is 1.68. The normalized spacial score (nSPS) is 11.9. The second kappa shape index (κ2) is 4.74. The van der Waals surface area contributed by atoms with Gasteiger partial charge in [0.25, 0.3) is 9.05 Å². The van der Waals surface area contributed by atoms with Crippen molar-refractivity contribution >= 4 is 19.7 Å². The molecule has 0 N–H and O–H groups in total. The van der Waals surface area contributed by atoms with E-state index in [-0.39, 0.29) is 5.03 Å². The molecule has 0 amide bonds. The van der Waals surface area contributed by atoms with E-state index in [2.05, 4.69) is 9.97 Å². The second-order valence-corrected chi connectivity index (χ2v) is 6.44. The number of rotatable bonds is 4. The fourth-order valence-corrected chi connectivity index (χ4v) is 2.40. The number of aromatic nitrogens is 4. The zero-order chi connectivity index (χ0) is 13.3. The summed E-state index contributed by atoms with van der Waals surface area (Å²) in [6.45, 7) is 4.97. The Kier molecular flexibility index (Phi) is 3.45. The summed E-state index contributed by atoms with van der Waals surface area (Å²) < 4.78 is 26.1. The van der Waals surface area contributed by atoms with Gasteiger partial charge in [0.1, 0.15) is 11.6 Å². The van der Waals surface area contributed by atoms with Gasteiger partial charge in [0.2, 0.25) is 0 Å². The van der Waals surface area contributed by atoms with Gasteiger partial charge in [-0.05, 0) is 13.8 Å². The van der Waals surface area contributed by atoms with Gasteiger partial charge in [0, 0.05) is 42.4 Å². The third-order valence-corrected chi connectivity index (χ3v) is 3.88. The van der Waals surface area contributed by atoms with Crippen molar-refractivity contribution in [2.75, 3.05) is 0 Å². The van der Waals surface area contributed by atoms with Crippen LogP contribution in [0.25, 0.3) is 0 Å². The average molecular weight is 289 g/mol. The van der Waals surface area contributed by atoms with Crippen LogP contribution in [0.1, 0.15) is 11.6 Å². The molecule has 98 valence electrons. The lowest BCUT2D eigenvalue weighted by atomic mass is 10.5. The van der Waals surface area contributed by atoms with Gasteiger partial charge in [0.05, 0.1) is 0 Å². The predicted molar refractivity (Wildman–Crippen MR) is 67.0 cm³/mol. The topological polar surface area (TPSA) is 69.8 Å². The molecule has 2 aromatic rings. The fraction of sp³-hybridized carbons (Fsp3) is 0.400. The van der Waals surface area contributed by atoms with E-state index < -0.39 is 9.05 Å². The minimum Gasteiger partial charge on any atom is -0.333 e. The Morgan fingerprint density at radius 1 is 1.22 bits per heavy atom. The summed E-state index contributed by atoms with van der Waals surface area (Å²) in [5.74, 6) is 1.53. The van der Waals surface area contributed by atoms with Crippen molar-refractivity contribution < 1.29 is 8.42 Å². The standard InChI is InChI=1S/C10H13ClN4O2S/c1-8-12-3-4-14(8)5-6-15-7-10(13-9(15)2)18(11,16)17/h3-4,7H,5-6H2,1-2H3. The summed E-state index contributed by atoms with van der Waals surface area (Å²) in [6, 6.07) is 0. The van der Waals surface area contributed by atoms with Crippen LogP contribution < -0.4 is 0 Å². The lowest BCUT2D eigenvalue weighted by Crippen LogP contribution is -2.08. The number of nitrogens with zero attached hydrogens (tertiary/aromatic N) is 4. The van der Waals surface area contributed by atoms with Gasteiger partial charge in [-0.2, -0.15) is 0 Å². The number of hydrogen-bond donors (Lipinski definition) is 0. The van der Waals surface area contributed by atoms with E-state index in [0.29, 0.717) is 18.9 Å². The molecule has 2 heterocycles. The Morgan fingerprint density at radius 2 is 1.89 bits per heavy atom. The van der Waals surface area contributed by atoms with Crippen LogP contribution in [0.15, 0.2) is 23.6 Å². The zero-order valence-electron chi connectivity index (χ0n) is 10.0. The smallest absolute Gasteiger partial charge is 0.280 e. The first-order valence-corrected chi connectivity index (χ1v) is 7.65. The van der Waals surface area contributed by atoms with Gasteiger partial charge in [-0.3, -0.25) is 0 Å². The molecule has 0 unspecified atom stereocenters. The molecule has 0 aromatic carbocycles. The van der Waals surface area contributed by atoms with Gasteiger partial charge in [0.15, 0.2) is 5.03 Å². The molecule has 0 aliphatic rings. The highest BCUT2D eigenvalue weighted by atomic mass is 35.7. The Labute approximate surface area is 110 Å². The van der Waals surface area contributed by atoms with Crippen molar-refractivity contribution in [3.8, 4) is 0 Å². The van der Waals surface area contributed by atoms with E-state index in [1.807, 2.05) is 17.7 Å². The van der Waals surface area contributed by atoms with E-state index in [4.69, 9.17) is 10.7 Å². The van der Waals surface area contributed by atoms with Crippen LogP contribution >= 0.6 is 10.7 Å². The summed E-state index contributed by atoms with van der Waals surface area (Å²) in [5, 5.41) is -0.107. The molecule has 0 aliphatic carbocycles. The molecule has 2 aromatic heterocycles. The quantitative estimate of drug-likeness (QED) is 0.796. The third kappa shape index (κ3) is 2.73. The highest BCUT2D eigenvalue weighted by Gasteiger charge is 2.15. The largest absolute Gasteiger partial charge is 0.333 e. The van der Waals surface area contributed by atoms with Crippen LogP contribution in [-0.2, 0) is 22.1 Å². The molecule has 18 heavy (non-hydrogen) atoms. The maximum atomic E-state index is 11.2. The molecule has 6 nitrogen and oxygen atoms in total. The number of imidazole rings is 2. The van der Waals surface area contributed by atoms with Gasteiger partial charge < -0.3 is 9.13 Å². The van der Waals surface area contributed by atoms with E-state index in [0.717, 1.165) is 5.82 Å². The SMILES string of the molecule is Cc1nccn1CCn1cc(S(=O)(=O)Cl)nc1C. The van der Waals surface area contributed by atoms with Gasteiger partial charge in [-0.1, -0.05) is 0 Å². The number of halogens is 1. The molecular formula is C10H13ClN4O2S. The molecule has 0 saturated carbocycles. The van der Waals surface area contributed by atoms with Crippen molar-refractivity contribution in [2.45, 2.75) is 32.0 Å². The molecule has 0 atom stereocenters. The van der Waals surface area contributed by atoms with Crippen LogP contribution in [0.5, 0.6) is 0 Å². The first kappa shape index (κ1) is 13.1. The van der Waals surface area contributed by atoms with Gasteiger partial charge in [-0.15, -0.1) is 0 Å². The van der Waals surface area contributed by atoms with Crippen LogP contribution in [0, 0.1) is 13.8 Å². The maximum Gasteiger partial charge on any atom is 0.280 e. The molecule has 2 rings (SSSR count). The van der Waals surface area contributed by atoms with Crippen LogP contribution in [0.3, 0.4) is 0 Å². The highest BCUT2D eigenvalue weighted by molar-refractivity contribution is 8.13. The average Bonchev–Trinajstić information content (AvgIpc) is 2.82. The van der Waals surface area contributed by atoms with Gasteiger partial charge >= 0.3 is 0 Å². The Morgan fingerprint density at radius 3 is 2.39 bits per heavy atom. The highest BCUT2D eigenvalue weighted by Crippen LogP contribution is 2.14. The van der Waals surface area contributed by atoms with E-state index >= 15 is 0 Å².